The fourth-order valence-electron chi connectivity index (χ4n) is 4.99. The highest BCUT2D eigenvalue weighted by molar-refractivity contribution is 5.68. The third-order valence-electron chi connectivity index (χ3n) is 7.00. The van der Waals surface area contributed by atoms with Gasteiger partial charge in [0, 0.05) is 42.3 Å². The van der Waals surface area contributed by atoms with Gasteiger partial charge in [-0.25, -0.2) is 4.98 Å². The van der Waals surface area contributed by atoms with Crippen molar-refractivity contribution in [3.63, 3.8) is 0 Å². The lowest BCUT2D eigenvalue weighted by atomic mass is 10.00. The van der Waals surface area contributed by atoms with Gasteiger partial charge in [0.15, 0.2) is 0 Å². The predicted octanol–water partition coefficient (Wildman–Crippen LogP) is 4.83. The van der Waals surface area contributed by atoms with Gasteiger partial charge in [-0.15, -0.1) is 0 Å². The molecule has 2 aliphatic rings. The first-order valence-corrected chi connectivity index (χ1v) is 12.1. The van der Waals surface area contributed by atoms with Gasteiger partial charge in [0.05, 0.1) is 49.1 Å². The van der Waals surface area contributed by atoms with Crippen LogP contribution in [0.15, 0.2) is 55.0 Å². The molecule has 0 bridgehead atoms. The van der Waals surface area contributed by atoms with Crippen molar-refractivity contribution in [1.82, 2.24) is 24.3 Å². The van der Waals surface area contributed by atoms with Crippen molar-refractivity contribution in [3.05, 3.63) is 72.2 Å². The topological polar surface area (TPSA) is 61.0 Å². The van der Waals surface area contributed by atoms with Gasteiger partial charge in [-0.3, -0.25) is 9.67 Å². The van der Waals surface area contributed by atoms with Crippen molar-refractivity contribution in [2.45, 2.75) is 45.8 Å². The first-order chi connectivity index (χ1) is 16.6. The summed E-state index contributed by atoms with van der Waals surface area (Å²) in [5, 5.41) is 4.52. The average molecular weight is 455 g/mol. The lowest BCUT2D eigenvalue weighted by molar-refractivity contribution is -0.0286. The Morgan fingerprint density at radius 1 is 1.03 bits per heavy atom. The summed E-state index contributed by atoms with van der Waals surface area (Å²) < 4.78 is 9.68. The van der Waals surface area contributed by atoms with Gasteiger partial charge >= 0.3 is 0 Å². The van der Waals surface area contributed by atoms with Crippen LogP contribution in [0.25, 0.3) is 22.4 Å². The van der Waals surface area contributed by atoms with Crippen LogP contribution in [0.1, 0.15) is 43.0 Å². The zero-order valence-corrected chi connectivity index (χ0v) is 20.0. The van der Waals surface area contributed by atoms with Gasteiger partial charge in [-0.1, -0.05) is 26.0 Å². The molecule has 3 aromatic heterocycles. The number of benzene rings is 1. The van der Waals surface area contributed by atoms with Crippen molar-refractivity contribution in [2.24, 2.45) is 0 Å². The molecule has 34 heavy (non-hydrogen) atoms. The molecule has 5 heterocycles. The van der Waals surface area contributed by atoms with Crippen LogP contribution in [-0.2, 0) is 17.8 Å². The van der Waals surface area contributed by atoms with Gasteiger partial charge in [-0.05, 0) is 42.7 Å². The second kappa shape index (κ2) is 8.40. The lowest BCUT2D eigenvalue weighted by Gasteiger charge is -2.31. The monoisotopic (exact) mass is 454 g/mol. The first-order valence-electron chi connectivity index (χ1n) is 12.1. The number of pyridine rings is 1. The number of aromatic nitrogens is 5. The SMILES string of the molecule is Cc1nc(-c2cccnc2C(C)C)c2n1CCN(c1ccc(-c3cnn(C4COC4)c3)cc1)C2. The van der Waals surface area contributed by atoms with Crippen LogP contribution < -0.4 is 4.90 Å². The normalized spacial score (nSPS) is 16.1. The molecule has 0 atom stereocenters. The Kier molecular flexibility index (Phi) is 5.21. The third kappa shape index (κ3) is 3.60. The molecule has 0 N–H and O–H groups in total. The average Bonchev–Trinajstić information content (AvgIpc) is 3.43. The standard InChI is InChI=1S/C27H30N6O/c1-18(2)26-24(5-4-10-28-26)27-25-15-31(11-12-32(25)19(3)30-27)22-8-6-20(7-9-22)21-13-29-33(14-21)23-16-34-17-23/h4-10,13-14,18,23H,11-12,15-17H2,1-3H3. The Hall–Kier alpha value is -3.45. The van der Waals surface area contributed by atoms with E-state index in [1.165, 1.54) is 16.9 Å². The number of hydrogen-bond acceptors (Lipinski definition) is 5. The molecule has 0 spiro atoms. The van der Waals surface area contributed by atoms with E-state index in [1.807, 2.05) is 23.1 Å². The Morgan fingerprint density at radius 2 is 1.85 bits per heavy atom. The third-order valence-corrected chi connectivity index (χ3v) is 7.00. The number of rotatable bonds is 5. The quantitative estimate of drug-likeness (QED) is 0.432. The number of nitrogens with zero attached hydrogens (tertiary/aromatic N) is 6. The van der Waals surface area contributed by atoms with Crippen LogP contribution in [0.3, 0.4) is 0 Å². The smallest absolute Gasteiger partial charge is 0.106 e. The number of hydrogen-bond donors (Lipinski definition) is 0. The van der Waals surface area contributed by atoms with Gasteiger partial charge < -0.3 is 14.2 Å². The molecule has 0 saturated carbocycles. The van der Waals surface area contributed by atoms with E-state index in [4.69, 9.17) is 9.72 Å². The summed E-state index contributed by atoms with van der Waals surface area (Å²) in [6.07, 6.45) is 5.95. The van der Waals surface area contributed by atoms with Crippen LogP contribution in [0.4, 0.5) is 5.69 Å². The van der Waals surface area contributed by atoms with Gasteiger partial charge in [0.25, 0.3) is 0 Å². The van der Waals surface area contributed by atoms with Crippen LogP contribution in [0.5, 0.6) is 0 Å². The Morgan fingerprint density at radius 3 is 2.59 bits per heavy atom. The van der Waals surface area contributed by atoms with Crippen molar-refractivity contribution >= 4 is 5.69 Å². The number of ether oxygens (including phenoxy) is 1. The fourth-order valence-corrected chi connectivity index (χ4v) is 4.99. The second-order valence-electron chi connectivity index (χ2n) is 9.57. The molecule has 7 nitrogen and oxygen atoms in total. The minimum atomic E-state index is 0.349. The summed E-state index contributed by atoms with van der Waals surface area (Å²) in [6, 6.07) is 13.4. The summed E-state index contributed by atoms with van der Waals surface area (Å²) in [5.74, 6) is 1.43. The molecule has 174 valence electrons. The first kappa shape index (κ1) is 21.1. The van der Waals surface area contributed by atoms with Crippen molar-refractivity contribution in [2.75, 3.05) is 24.7 Å². The van der Waals surface area contributed by atoms with Gasteiger partial charge in [0.2, 0.25) is 0 Å². The molecule has 0 unspecified atom stereocenters. The maximum Gasteiger partial charge on any atom is 0.106 e. The maximum absolute atomic E-state index is 5.29. The van der Waals surface area contributed by atoms with E-state index in [9.17, 15) is 0 Å². The molecule has 1 saturated heterocycles. The zero-order chi connectivity index (χ0) is 23.2. The fraction of sp³-hybridized carbons (Fsp3) is 0.370. The van der Waals surface area contributed by atoms with Crippen molar-refractivity contribution < 1.29 is 4.74 Å². The van der Waals surface area contributed by atoms with Crippen molar-refractivity contribution in [1.29, 1.82) is 0 Å². The number of fused-ring (bicyclic) bond motifs is 1. The molecule has 0 radical (unpaired) electrons. The summed E-state index contributed by atoms with van der Waals surface area (Å²) in [7, 11) is 0. The molecular formula is C27H30N6O. The van der Waals surface area contributed by atoms with Crippen LogP contribution >= 0.6 is 0 Å². The molecule has 0 aliphatic carbocycles. The highest BCUT2D eigenvalue weighted by Crippen LogP contribution is 2.34. The van der Waals surface area contributed by atoms with Gasteiger partial charge in [0.1, 0.15) is 5.82 Å². The minimum absolute atomic E-state index is 0.349. The zero-order valence-electron chi connectivity index (χ0n) is 20.0. The molecule has 0 amide bonds. The lowest BCUT2D eigenvalue weighted by Crippen LogP contribution is -2.34. The minimum Gasteiger partial charge on any atom is -0.377 e. The van der Waals surface area contributed by atoms with E-state index in [0.29, 0.717) is 12.0 Å². The molecular weight excluding hydrogens is 424 g/mol. The number of anilines is 1. The Balaban J connectivity index is 1.27. The molecule has 2 aliphatic heterocycles. The van der Waals surface area contributed by atoms with Crippen LogP contribution in [0, 0.1) is 6.92 Å². The predicted molar refractivity (Wildman–Crippen MR) is 133 cm³/mol. The van der Waals surface area contributed by atoms with Gasteiger partial charge in [-0.2, -0.15) is 5.10 Å². The molecule has 6 rings (SSSR count). The Bertz CT molecular complexity index is 1320. The number of imidazole rings is 1. The molecule has 1 aromatic carbocycles. The highest BCUT2D eigenvalue weighted by Gasteiger charge is 2.26. The largest absolute Gasteiger partial charge is 0.377 e. The summed E-state index contributed by atoms with van der Waals surface area (Å²) in [6.45, 7) is 10.7. The van der Waals surface area contributed by atoms with E-state index >= 15 is 0 Å². The highest BCUT2D eigenvalue weighted by atomic mass is 16.5. The maximum atomic E-state index is 5.29. The van der Waals surface area contributed by atoms with Crippen molar-refractivity contribution in [3.8, 4) is 22.4 Å². The molecule has 1 fully saturated rings. The molecule has 4 aromatic rings. The van der Waals surface area contributed by atoms with Crippen LogP contribution in [-0.4, -0.2) is 44.1 Å². The Labute approximate surface area is 200 Å². The van der Waals surface area contributed by atoms with E-state index in [-0.39, 0.29) is 0 Å². The number of aryl methyl sites for hydroxylation is 1. The van der Waals surface area contributed by atoms with Crippen LogP contribution in [0.2, 0.25) is 0 Å². The van der Waals surface area contributed by atoms with E-state index in [2.05, 4.69) is 76.8 Å². The summed E-state index contributed by atoms with van der Waals surface area (Å²) in [4.78, 5) is 12.1. The summed E-state index contributed by atoms with van der Waals surface area (Å²) in [5.41, 5.74) is 8.17. The summed E-state index contributed by atoms with van der Waals surface area (Å²) >= 11 is 0. The molecule has 7 heteroatoms. The second-order valence-corrected chi connectivity index (χ2v) is 9.57. The van der Waals surface area contributed by atoms with E-state index in [1.54, 1.807) is 0 Å². The van der Waals surface area contributed by atoms with E-state index < -0.39 is 0 Å². The van der Waals surface area contributed by atoms with E-state index in [0.717, 1.165) is 61.2 Å².